The Morgan fingerprint density at radius 3 is 2.45 bits per heavy atom. The topological polar surface area (TPSA) is 45.5 Å². The van der Waals surface area contributed by atoms with Crippen LogP contribution in [-0.4, -0.2) is 15.9 Å². The van der Waals surface area contributed by atoms with Gasteiger partial charge in [0.15, 0.2) is 0 Å². The Kier molecular flexibility index (Phi) is 4.65. The lowest BCUT2D eigenvalue weighted by atomic mass is 10.0. The Morgan fingerprint density at radius 1 is 1.23 bits per heavy atom. The standard InChI is InChI=1S/C14H9ClF4N2O/c15-12-5-9(16)2-4-11(12)13(21-22)6-10-3-1-8(7-20-10)14(17,18)19/h1-5,7,22H,6H2/b21-13-. The van der Waals surface area contributed by atoms with E-state index in [2.05, 4.69) is 10.1 Å². The maximum absolute atomic E-state index is 13.0. The molecule has 0 aliphatic carbocycles. The molecule has 2 rings (SSSR count). The normalized spacial score (nSPS) is 12.5. The third kappa shape index (κ3) is 3.73. The van der Waals surface area contributed by atoms with Crippen molar-refractivity contribution in [2.75, 3.05) is 0 Å². The van der Waals surface area contributed by atoms with Crippen LogP contribution in [0.3, 0.4) is 0 Å². The molecule has 22 heavy (non-hydrogen) atoms. The van der Waals surface area contributed by atoms with Crippen LogP contribution < -0.4 is 0 Å². The first-order valence-electron chi connectivity index (χ1n) is 5.99. The lowest BCUT2D eigenvalue weighted by Gasteiger charge is -2.09. The summed E-state index contributed by atoms with van der Waals surface area (Å²) in [7, 11) is 0. The molecule has 0 unspecified atom stereocenters. The second kappa shape index (κ2) is 6.31. The third-order valence-corrected chi connectivity index (χ3v) is 3.18. The molecule has 3 nitrogen and oxygen atoms in total. The minimum Gasteiger partial charge on any atom is -0.411 e. The van der Waals surface area contributed by atoms with Crippen LogP contribution in [0.25, 0.3) is 0 Å². The van der Waals surface area contributed by atoms with Crippen molar-refractivity contribution in [2.24, 2.45) is 5.16 Å². The average molecular weight is 333 g/mol. The molecule has 0 bridgehead atoms. The van der Waals surface area contributed by atoms with Crippen LogP contribution in [0, 0.1) is 5.82 Å². The van der Waals surface area contributed by atoms with Crippen molar-refractivity contribution in [2.45, 2.75) is 12.6 Å². The van der Waals surface area contributed by atoms with Crippen LogP contribution in [0.4, 0.5) is 17.6 Å². The van der Waals surface area contributed by atoms with E-state index in [0.717, 1.165) is 18.2 Å². The first-order valence-corrected chi connectivity index (χ1v) is 6.37. The smallest absolute Gasteiger partial charge is 0.411 e. The number of halogens is 5. The van der Waals surface area contributed by atoms with E-state index in [9.17, 15) is 17.6 Å². The van der Waals surface area contributed by atoms with Gasteiger partial charge in [-0.3, -0.25) is 4.98 Å². The van der Waals surface area contributed by atoms with Crippen LogP contribution in [-0.2, 0) is 12.6 Å². The Labute approximate surface area is 127 Å². The highest BCUT2D eigenvalue weighted by molar-refractivity contribution is 6.34. The van der Waals surface area contributed by atoms with E-state index in [1.807, 2.05) is 0 Å². The van der Waals surface area contributed by atoms with Crippen LogP contribution in [0.5, 0.6) is 0 Å². The van der Waals surface area contributed by atoms with Crippen molar-refractivity contribution >= 4 is 17.3 Å². The predicted octanol–water partition coefficient (Wildman–Crippen LogP) is 4.31. The molecule has 0 aliphatic rings. The Balaban J connectivity index is 2.24. The Hall–Kier alpha value is -2.15. The summed E-state index contributed by atoms with van der Waals surface area (Å²) in [4.78, 5) is 3.68. The van der Waals surface area contributed by atoms with Crippen molar-refractivity contribution in [1.82, 2.24) is 4.98 Å². The van der Waals surface area contributed by atoms with Gasteiger partial charge in [-0.1, -0.05) is 16.8 Å². The van der Waals surface area contributed by atoms with Crippen molar-refractivity contribution in [3.63, 3.8) is 0 Å². The molecule has 2 aromatic rings. The predicted molar refractivity (Wildman–Crippen MR) is 72.7 cm³/mol. The van der Waals surface area contributed by atoms with Gasteiger partial charge in [0.1, 0.15) is 5.82 Å². The van der Waals surface area contributed by atoms with Gasteiger partial charge < -0.3 is 5.21 Å². The molecule has 0 aliphatic heterocycles. The average Bonchev–Trinajstić information content (AvgIpc) is 2.45. The first-order chi connectivity index (χ1) is 10.3. The summed E-state index contributed by atoms with van der Waals surface area (Å²) in [5, 5.41) is 12.1. The van der Waals surface area contributed by atoms with Gasteiger partial charge in [-0.2, -0.15) is 13.2 Å². The maximum atomic E-state index is 13.0. The lowest BCUT2D eigenvalue weighted by Crippen LogP contribution is -2.10. The van der Waals surface area contributed by atoms with E-state index in [4.69, 9.17) is 16.8 Å². The lowest BCUT2D eigenvalue weighted by molar-refractivity contribution is -0.137. The number of nitrogens with zero attached hydrogens (tertiary/aromatic N) is 2. The number of oxime groups is 1. The molecule has 0 spiro atoms. The first kappa shape index (κ1) is 16.2. The molecule has 116 valence electrons. The van der Waals surface area contributed by atoms with Crippen LogP contribution >= 0.6 is 11.6 Å². The Morgan fingerprint density at radius 2 is 1.95 bits per heavy atom. The number of benzene rings is 1. The monoisotopic (exact) mass is 332 g/mol. The molecule has 0 atom stereocenters. The fourth-order valence-electron chi connectivity index (χ4n) is 1.78. The fraction of sp³-hybridized carbons (Fsp3) is 0.143. The van der Waals surface area contributed by atoms with Gasteiger partial charge in [-0.25, -0.2) is 4.39 Å². The molecule has 0 saturated carbocycles. The highest BCUT2D eigenvalue weighted by Crippen LogP contribution is 2.28. The van der Waals surface area contributed by atoms with Crippen molar-refractivity contribution in [3.8, 4) is 0 Å². The minimum atomic E-state index is -4.47. The molecular weight excluding hydrogens is 324 g/mol. The summed E-state index contributed by atoms with van der Waals surface area (Å²) in [6.45, 7) is 0. The van der Waals surface area contributed by atoms with E-state index in [1.54, 1.807) is 0 Å². The number of pyridine rings is 1. The van der Waals surface area contributed by atoms with Crippen LogP contribution in [0.1, 0.15) is 16.8 Å². The summed E-state index contributed by atoms with van der Waals surface area (Å²) in [5.74, 6) is -0.557. The van der Waals surface area contributed by atoms with Gasteiger partial charge in [0.25, 0.3) is 0 Å². The van der Waals surface area contributed by atoms with Crippen molar-refractivity contribution < 1.29 is 22.8 Å². The highest BCUT2D eigenvalue weighted by Gasteiger charge is 2.30. The quantitative estimate of drug-likeness (QED) is 0.394. The van der Waals surface area contributed by atoms with Crippen molar-refractivity contribution in [1.29, 1.82) is 0 Å². The summed E-state index contributed by atoms with van der Waals surface area (Å²) in [6.07, 6.45) is -3.84. The number of hydrogen-bond donors (Lipinski definition) is 1. The SMILES string of the molecule is O/N=C(/Cc1ccc(C(F)(F)F)cn1)c1ccc(F)cc1Cl. The molecular formula is C14H9ClF4N2O. The van der Waals surface area contributed by atoms with Gasteiger partial charge in [0, 0.05) is 23.9 Å². The van der Waals surface area contributed by atoms with Crippen LogP contribution in [0.15, 0.2) is 41.7 Å². The fourth-order valence-corrected chi connectivity index (χ4v) is 2.05. The maximum Gasteiger partial charge on any atom is 0.417 e. The summed E-state index contributed by atoms with van der Waals surface area (Å²) in [5.41, 5.74) is -0.288. The van der Waals surface area contributed by atoms with E-state index in [-0.39, 0.29) is 28.4 Å². The van der Waals surface area contributed by atoms with Crippen molar-refractivity contribution in [3.05, 3.63) is 64.2 Å². The third-order valence-electron chi connectivity index (χ3n) is 2.86. The summed E-state index contributed by atoms with van der Waals surface area (Å²) in [6, 6.07) is 5.54. The zero-order valence-corrected chi connectivity index (χ0v) is 11.7. The largest absolute Gasteiger partial charge is 0.417 e. The molecule has 0 saturated heterocycles. The molecule has 0 amide bonds. The van der Waals surface area contributed by atoms with Crippen LogP contribution in [0.2, 0.25) is 5.02 Å². The number of hydrogen-bond acceptors (Lipinski definition) is 3. The zero-order valence-electron chi connectivity index (χ0n) is 10.9. The second-order valence-corrected chi connectivity index (χ2v) is 4.79. The molecule has 1 aromatic carbocycles. The molecule has 1 heterocycles. The van der Waals surface area contributed by atoms with E-state index < -0.39 is 17.6 Å². The van der Waals surface area contributed by atoms with E-state index in [1.165, 1.54) is 12.1 Å². The van der Waals surface area contributed by atoms with Gasteiger partial charge in [0.2, 0.25) is 0 Å². The van der Waals surface area contributed by atoms with Gasteiger partial charge in [0.05, 0.1) is 16.3 Å². The van der Waals surface area contributed by atoms with Gasteiger partial charge in [-0.15, -0.1) is 0 Å². The second-order valence-electron chi connectivity index (χ2n) is 4.38. The van der Waals surface area contributed by atoms with Gasteiger partial charge >= 0.3 is 6.18 Å². The number of aromatic nitrogens is 1. The zero-order chi connectivity index (χ0) is 16.3. The number of alkyl halides is 3. The summed E-state index contributed by atoms with van der Waals surface area (Å²) < 4.78 is 50.3. The minimum absolute atomic E-state index is 0.0275. The number of rotatable bonds is 3. The molecule has 8 heteroatoms. The highest BCUT2D eigenvalue weighted by atomic mass is 35.5. The molecule has 0 fully saturated rings. The molecule has 1 N–H and O–H groups in total. The molecule has 1 aromatic heterocycles. The van der Waals surface area contributed by atoms with E-state index >= 15 is 0 Å². The molecule has 0 radical (unpaired) electrons. The van der Waals surface area contributed by atoms with E-state index in [0.29, 0.717) is 6.20 Å². The van der Waals surface area contributed by atoms with Gasteiger partial charge in [-0.05, 0) is 30.3 Å². The Bertz CT molecular complexity index is 699. The summed E-state index contributed by atoms with van der Waals surface area (Å²) >= 11 is 5.85.